The number of piperazine rings is 1. The lowest BCUT2D eigenvalue weighted by Gasteiger charge is -2.34. The van der Waals surface area contributed by atoms with E-state index in [9.17, 15) is 13.2 Å². The number of nitrogens with one attached hydrogen (secondary N) is 1. The van der Waals surface area contributed by atoms with E-state index in [2.05, 4.69) is 34.3 Å². The highest BCUT2D eigenvalue weighted by Gasteiger charge is 2.23. The van der Waals surface area contributed by atoms with Gasteiger partial charge in [-0.3, -0.25) is 4.79 Å². The number of likely N-dealkylation sites (N-methyl/N-ethyl adjacent to an activating group) is 1. The predicted octanol–water partition coefficient (Wildman–Crippen LogP) is 2.08. The van der Waals surface area contributed by atoms with E-state index >= 15 is 0 Å². The van der Waals surface area contributed by atoms with Crippen molar-refractivity contribution in [1.29, 1.82) is 0 Å². The highest BCUT2D eigenvalue weighted by Crippen LogP contribution is 2.23. The number of hydrogen-bond acceptors (Lipinski definition) is 6. The van der Waals surface area contributed by atoms with Crippen molar-refractivity contribution in [1.82, 2.24) is 14.5 Å². The number of rotatable bonds is 9. The summed E-state index contributed by atoms with van der Waals surface area (Å²) in [6.07, 6.45) is 0.0876. The van der Waals surface area contributed by atoms with Gasteiger partial charge >= 0.3 is 0 Å². The van der Waals surface area contributed by atoms with Crippen LogP contribution in [0.3, 0.4) is 0 Å². The molecule has 0 saturated carbocycles. The molecule has 9 heteroatoms. The zero-order valence-electron chi connectivity index (χ0n) is 19.9. The summed E-state index contributed by atoms with van der Waals surface area (Å²) in [5.74, 6) is 0.414. The van der Waals surface area contributed by atoms with Gasteiger partial charge in [0.15, 0.2) is 0 Å². The molecule has 1 aliphatic rings. The molecule has 3 rings (SSSR count). The van der Waals surface area contributed by atoms with Crippen LogP contribution in [0.25, 0.3) is 0 Å². The van der Waals surface area contributed by atoms with Gasteiger partial charge < -0.3 is 19.9 Å². The van der Waals surface area contributed by atoms with Gasteiger partial charge in [0.1, 0.15) is 5.75 Å². The molecule has 1 amide bonds. The van der Waals surface area contributed by atoms with Gasteiger partial charge in [0.2, 0.25) is 15.9 Å². The number of aryl methyl sites for hydroxylation is 1. The minimum Gasteiger partial charge on any atom is -0.497 e. The van der Waals surface area contributed by atoms with Gasteiger partial charge in [-0.15, -0.1) is 0 Å². The van der Waals surface area contributed by atoms with Crippen molar-refractivity contribution in [3.8, 4) is 5.75 Å². The van der Waals surface area contributed by atoms with Crippen LogP contribution in [0, 0.1) is 6.92 Å². The Bertz CT molecular complexity index is 1050. The number of hydrogen-bond donors (Lipinski definition) is 1. The van der Waals surface area contributed by atoms with Crippen molar-refractivity contribution in [3.63, 3.8) is 0 Å². The SMILES string of the molecule is COc1ccc(S(=O)(=O)N(C)CCC(=O)NCc2ccc(N3CCN(C)CC3)cc2)c(C)c1. The van der Waals surface area contributed by atoms with E-state index in [1.807, 2.05) is 12.1 Å². The number of methoxy groups -OCH3 is 1. The van der Waals surface area contributed by atoms with Crippen LogP contribution in [0.2, 0.25) is 0 Å². The molecule has 8 nitrogen and oxygen atoms in total. The molecule has 1 fully saturated rings. The summed E-state index contributed by atoms with van der Waals surface area (Å²) in [5, 5.41) is 2.88. The van der Waals surface area contributed by atoms with E-state index in [-0.39, 0.29) is 23.8 Å². The fourth-order valence-corrected chi connectivity index (χ4v) is 5.14. The Morgan fingerprint density at radius 2 is 1.76 bits per heavy atom. The first-order chi connectivity index (χ1) is 15.7. The Kier molecular flexibility index (Phi) is 8.34. The molecule has 0 bridgehead atoms. The second-order valence-electron chi connectivity index (χ2n) is 8.44. The van der Waals surface area contributed by atoms with Crippen LogP contribution in [0.5, 0.6) is 5.75 Å². The third kappa shape index (κ3) is 6.46. The molecule has 33 heavy (non-hydrogen) atoms. The molecule has 1 saturated heterocycles. The highest BCUT2D eigenvalue weighted by molar-refractivity contribution is 7.89. The van der Waals surface area contributed by atoms with Gasteiger partial charge in [-0.1, -0.05) is 12.1 Å². The van der Waals surface area contributed by atoms with Gasteiger partial charge in [0.05, 0.1) is 12.0 Å². The number of carbonyl (C=O) groups excluding carboxylic acids is 1. The minimum absolute atomic E-state index is 0.0876. The number of nitrogens with zero attached hydrogens (tertiary/aromatic N) is 3. The van der Waals surface area contributed by atoms with Crippen molar-refractivity contribution < 1.29 is 17.9 Å². The van der Waals surface area contributed by atoms with Crippen LogP contribution < -0.4 is 15.0 Å². The first kappa shape index (κ1) is 25.0. The largest absolute Gasteiger partial charge is 0.497 e. The standard InChI is InChI=1S/C24H34N4O4S/c1-19-17-22(32-4)9-10-23(19)33(30,31)27(3)12-11-24(29)25-18-20-5-7-21(8-6-20)28-15-13-26(2)14-16-28/h5-10,17H,11-16,18H2,1-4H3,(H,25,29). The van der Waals surface area contributed by atoms with E-state index in [4.69, 9.17) is 4.74 Å². The summed E-state index contributed by atoms with van der Waals surface area (Å²) in [7, 11) is 1.48. The maximum absolute atomic E-state index is 12.9. The highest BCUT2D eigenvalue weighted by atomic mass is 32.2. The Labute approximate surface area is 197 Å². The molecule has 0 radical (unpaired) electrons. The maximum Gasteiger partial charge on any atom is 0.243 e. The molecule has 1 aliphatic heterocycles. The Balaban J connectivity index is 1.48. The minimum atomic E-state index is -3.69. The second kappa shape index (κ2) is 11.0. The summed E-state index contributed by atoms with van der Waals surface area (Å²) in [6.45, 7) is 6.38. The van der Waals surface area contributed by atoms with Crippen LogP contribution in [-0.4, -0.2) is 77.5 Å². The number of ether oxygens (including phenoxy) is 1. The lowest BCUT2D eigenvalue weighted by Crippen LogP contribution is -2.44. The third-order valence-corrected chi connectivity index (χ3v) is 8.04. The fraction of sp³-hybridized carbons (Fsp3) is 0.458. The molecule has 180 valence electrons. The van der Waals surface area contributed by atoms with Gasteiger partial charge in [-0.2, -0.15) is 0 Å². The Morgan fingerprint density at radius 3 is 2.36 bits per heavy atom. The molecule has 2 aromatic carbocycles. The molecule has 0 unspecified atom stereocenters. The predicted molar refractivity (Wildman–Crippen MR) is 130 cm³/mol. The van der Waals surface area contributed by atoms with Gasteiger partial charge in [0, 0.05) is 58.4 Å². The topological polar surface area (TPSA) is 82.2 Å². The first-order valence-electron chi connectivity index (χ1n) is 11.1. The van der Waals surface area contributed by atoms with Crippen LogP contribution in [-0.2, 0) is 21.4 Å². The van der Waals surface area contributed by atoms with E-state index in [0.717, 1.165) is 31.7 Å². The summed E-state index contributed by atoms with van der Waals surface area (Å²) in [5.41, 5.74) is 2.81. The lowest BCUT2D eigenvalue weighted by molar-refractivity contribution is -0.121. The Morgan fingerprint density at radius 1 is 1.09 bits per heavy atom. The molecule has 0 aromatic heterocycles. The van der Waals surface area contributed by atoms with Crippen molar-refractivity contribution in [2.75, 3.05) is 58.8 Å². The zero-order chi connectivity index (χ0) is 24.0. The van der Waals surface area contributed by atoms with Crippen molar-refractivity contribution in [2.24, 2.45) is 0 Å². The molecular weight excluding hydrogens is 440 g/mol. The molecule has 0 spiro atoms. The number of amides is 1. The van der Waals surface area contributed by atoms with E-state index < -0.39 is 10.0 Å². The van der Waals surface area contributed by atoms with Gasteiger partial charge in [-0.25, -0.2) is 12.7 Å². The molecule has 1 heterocycles. The smallest absolute Gasteiger partial charge is 0.243 e. The molecule has 2 aromatic rings. The summed E-state index contributed by atoms with van der Waals surface area (Å²) in [6, 6.07) is 13.1. The second-order valence-corrected chi connectivity index (χ2v) is 10.5. The molecular formula is C24H34N4O4S. The zero-order valence-corrected chi connectivity index (χ0v) is 20.7. The van der Waals surface area contributed by atoms with E-state index in [1.165, 1.54) is 30.2 Å². The number of carbonyl (C=O) groups is 1. The average Bonchev–Trinajstić information content (AvgIpc) is 2.81. The quantitative estimate of drug-likeness (QED) is 0.599. The van der Waals surface area contributed by atoms with Crippen molar-refractivity contribution in [2.45, 2.75) is 24.8 Å². The lowest BCUT2D eigenvalue weighted by atomic mass is 10.1. The van der Waals surface area contributed by atoms with Crippen LogP contribution in [0.4, 0.5) is 5.69 Å². The first-order valence-corrected chi connectivity index (χ1v) is 12.5. The summed E-state index contributed by atoms with van der Waals surface area (Å²) < 4.78 is 32.1. The van der Waals surface area contributed by atoms with Crippen molar-refractivity contribution >= 4 is 21.6 Å². The fourth-order valence-electron chi connectivity index (χ4n) is 3.76. The number of benzene rings is 2. The monoisotopic (exact) mass is 474 g/mol. The van der Waals surface area contributed by atoms with E-state index in [1.54, 1.807) is 19.1 Å². The third-order valence-electron chi connectivity index (χ3n) is 6.02. The number of sulfonamides is 1. The van der Waals surface area contributed by atoms with Crippen LogP contribution in [0.15, 0.2) is 47.4 Å². The van der Waals surface area contributed by atoms with Gasteiger partial charge in [0.25, 0.3) is 0 Å². The van der Waals surface area contributed by atoms with Crippen LogP contribution in [0.1, 0.15) is 17.5 Å². The normalized spacial score (nSPS) is 15.0. The molecule has 0 atom stereocenters. The number of anilines is 1. The van der Waals surface area contributed by atoms with Crippen molar-refractivity contribution in [3.05, 3.63) is 53.6 Å². The summed E-state index contributed by atoms with van der Waals surface area (Å²) >= 11 is 0. The van der Waals surface area contributed by atoms with Gasteiger partial charge in [-0.05, 0) is 55.4 Å². The molecule has 1 N–H and O–H groups in total. The summed E-state index contributed by atoms with van der Waals surface area (Å²) in [4.78, 5) is 17.2. The van der Waals surface area contributed by atoms with Crippen LogP contribution >= 0.6 is 0 Å². The maximum atomic E-state index is 12.9. The average molecular weight is 475 g/mol. The van der Waals surface area contributed by atoms with E-state index in [0.29, 0.717) is 17.9 Å². The Hall–Kier alpha value is -2.62. The molecule has 0 aliphatic carbocycles.